The van der Waals surface area contributed by atoms with Crippen molar-refractivity contribution in [3.05, 3.63) is 45.9 Å². The van der Waals surface area contributed by atoms with Crippen LogP contribution in [0, 0.1) is 6.92 Å². The Morgan fingerprint density at radius 2 is 1.92 bits per heavy atom. The molecule has 132 valence electrons. The van der Waals surface area contributed by atoms with Crippen LogP contribution in [0.25, 0.3) is 22.4 Å². The lowest BCUT2D eigenvalue weighted by molar-refractivity contribution is 0.278. The fourth-order valence-corrected chi connectivity index (χ4v) is 3.47. The van der Waals surface area contributed by atoms with Gasteiger partial charge in [0, 0.05) is 16.6 Å². The molecule has 0 aliphatic rings. The van der Waals surface area contributed by atoms with E-state index in [0.29, 0.717) is 12.5 Å². The highest BCUT2D eigenvalue weighted by molar-refractivity contribution is 9.10. The summed E-state index contributed by atoms with van der Waals surface area (Å²) in [5.41, 5.74) is 5.15. The predicted octanol–water partition coefficient (Wildman–Crippen LogP) is 4.90. The SMILES string of the molecule is COc1cc(C)c(Br)c2nc(-c3ccc(C(C)C)cc3)n(CCO)c12. The standard InChI is InChI=1S/C20H23BrN2O2/c1-12(2)14-5-7-15(8-6-14)20-22-18-17(21)13(3)11-16(25-4)19(18)23(20)9-10-24/h5-8,11-12,24H,9-10H2,1-4H3. The summed E-state index contributed by atoms with van der Waals surface area (Å²) >= 11 is 3.65. The van der Waals surface area contributed by atoms with Gasteiger partial charge in [0.2, 0.25) is 0 Å². The van der Waals surface area contributed by atoms with Gasteiger partial charge in [-0.1, -0.05) is 38.1 Å². The Hall–Kier alpha value is -1.85. The Morgan fingerprint density at radius 1 is 1.24 bits per heavy atom. The Balaban J connectivity index is 2.27. The smallest absolute Gasteiger partial charge is 0.145 e. The number of rotatable bonds is 5. The topological polar surface area (TPSA) is 47.3 Å². The number of fused-ring (bicyclic) bond motifs is 1. The van der Waals surface area contributed by atoms with Crippen LogP contribution in [0.1, 0.15) is 30.9 Å². The van der Waals surface area contributed by atoms with Gasteiger partial charge in [-0.3, -0.25) is 0 Å². The highest BCUT2D eigenvalue weighted by Gasteiger charge is 2.19. The number of imidazole rings is 1. The van der Waals surface area contributed by atoms with Crippen molar-refractivity contribution < 1.29 is 9.84 Å². The van der Waals surface area contributed by atoms with E-state index in [-0.39, 0.29) is 6.61 Å². The number of hydrogen-bond acceptors (Lipinski definition) is 3. The van der Waals surface area contributed by atoms with Crippen molar-refractivity contribution >= 4 is 27.0 Å². The second-order valence-electron chi connectivity index (χ2n) is 6.49. The molecule has 0 radical (unpaired) electrons. The average molecular weight is 403 g/mol. The van der Waals surface area contributed by atoms with Crippen LogP contribution in [0.2, 0.25) is 0 Å². The van der Waals surface area contributed by atoms with Crippen LogP contribution < -0.4 is 4.74 Å². The minimum absolute atomic E-state index is 0.0389. The molecule has 3 rings (SSSR count). The molecular formula is C20H23BrN2O2. The van der Waals surface area contributed by atoms with Crippen LogP contribution in [-0.4, -0.2) is 28.4 Å². The quantitative estimate of drug-likeness (QED) is 0.659. The van der Waals surface area contributed by atoms with Gasteiger partial charge >= 0.3 is 0 Å². The van der Waals surface area contributed by atoms with Crippen LogP contribution in [0.15, 0.2) is 34.8 Å². The number of methoxy groups -OCH3 is 1. The van der Waals surface area contributed by atoms with Crippen molar-refractivity contribution in [3.63, 3.8) is 0 Å². The van der Waals surface area contributed by atoms with Crippen molar-refractivity contribution in [2.45, 2.75) is 33.2 Å². The van der Waals surface area contributed by atoms with E-state index in [1.807, 2.05) is 17.6 Å². The number of aromatic nitrogens is 2. The summed E-state index contributed by atoms with van der Waals surface area (Å²) in [6.07, 6.45) is 0. The summed E-state index contributed by atoms with van der Waals surface area (Å²) in [5.74, 6) is 2.09. The summed E-state index contributed by atoms with van der Waals surface area (Å²) < 4.78 is 8.58. The molecule has 3 aromatic rings. The molecule has 2 aromatic carbocycles. The molecule has 0 fully saturated rings. The van der Waals surface area contributed by atoms with E-state index in [4.69, 9.17) is 9.72 Å². The lowest BCUT2D eigenvalue weighted by Gasteiger charge is -2.12. The Morgan fingerprint density at radius 3 is 2.48 bits per heavy atom. The van der Waals surface area contributed by atoms with Crippen LogP contribution in [0.3, 0.4) is 0 Å². The molecule has 1 aromatic heterocycles. The van der Waals surface area contributed by atoms with E-state index in [9.17, 15) is 5.11 Å². The maximum Gasteiger partial charge on any atom is 0.145 e. The van der Waals surface area contributed by atoms with Gasteiger partial charge in [0.1, 0.15) is 22.6 Å². The highest BCUT2D eigenvalue weighted by atomic mass is 79.9. The largest absolute Gasteiger partial charge is 0.494 e. The number of ether oxygens (including phenoxy) is 1. The summed E-state index contributed by atoms with van der Waals surface area (Å²) in [5, 5.41) is 9.57. The van der Waals surface area contributed by atoms with Gasteiger partial charge in [-0.05, 0) is 46.0 Å². The van der Waals surface area contributed by atoms with Gasteiger partial charge in [-0.25, -0.2) is 4.98 Å². The van der Waals surface area contributed by atoms with Crippen molar-refractivity contribution in [1.29, 1.82) is 0 Å². The molecule has 4 nitrogen and oxygen atoms in total. The lowest BCUT2D eigenvalue weighted by Crippen LogP contribution is -2.05. The summed E-state index contributed by atoms with van der Waals surface area (Å²) in [7, 11) is 1.66. The van der Waals surface area contributed by atoms with Crippen molar-refractivity contribution in [2.24, 2.45) is 0 Å². The zero-order chi connectivity index (χ0) is 18.1. The molecule has 0 unspecified atom stereocenters. The van der Waals surface area contributed by atoms with Crippen LogP contribution in [-0.2, 0) is 6.54 Å². The first kappa shape index (κ1) is 18.0. The van der Waals surface area contributed by atoms with Gasteiger partial charge in [-0.2, -0.15) is 0 Å². The summed E-state index contributed by atoms with van der Waals surface area (Å²) in [6, 6.07) is 10.5. The molecule has 0 aliphatic heterocycles. The van der Waals surface area contributed by atoms with Gasteiger partial charge in [-0.15, -0.1) is 0 Å². The second-order valence-corrected chi connectivity index (χ2v) is 7.29. The fraction of sp³-hybridized carbons (Fsp3) is 0.350. The monoisotopic (exact) mass is 402 g/mol. The van der Waals surface area contributed by atoms with Gasteiger partial charge in [0.15, 0.2) is 0 Å². The number of aliphatic hydroxyl groups excluding tert-OH is 1. The Bertz CT molecular complexity index is 898. The maximum atomic E-state index is 9.57. The first-order valence-electron chi connectivity index (χ1n) is 8.42. The zero-order valence-corrected chi connectivity index (χ0v) is 16.6. The summed E-state index contributed by atoms with van der Waals surface area (Å²) in [4.78, 5) is 4.87. The predicted molar refractivity (Wildman–Crippen MR) is 105 cm³/mol. The van der Waals surface area contributed by atoms with Crippen LogP contribution >= 0.6 is 15.9 Å². The van der Waals surface area contributed by atoms with Crippen molar-refractivity contribution in [3.8, 4) is 17.1 Å². The van der Waals surface area contributed by atoms with Crippen molar-refractivity contribution in [2.75, 3.05) is 13.7 Å². The molecular weight excluding hydrogens is 380 g/mol. The third-order valence-electron chi connectivity index (χ3n) is 4.48. The van der Waals surface area contributed by atoms with E-state index in [1.54, 1.807) is 7.11 Å². The van der Waals surface area contributed by atoms with E-state index >= 15 is 0 Å². The minimum atomic E-state index is 0.0389. The molecule has 1 N–H and O–H groups in total. The molecule has 1 heterocycles. The number of hydrogen-bond donors (Lipinski definition) is 1. The summed E-state index contributed by atoms with van der Waals surface area (Å²) in [6.45, 7) is 6.89. The van der Waals surface area contributed by atoms with Crippen LogP contribution in [0.5, 0.6) is 5.75 Å². The van der Waals surface area contributed by atoms with E-state index in [2.05, 4.69) is 54.0 Å². The Labute approximate surface area is 156 Å². The number of benzene rings is 2. The Kier molecular flexibility index (Phi) is 5.16. The molecule has 0 bridgehead atoms. The number of halogens is 1. The maximum absolute atomic E-state index is 9.57. The molecule has 25 heavy (non-hydrogen) atoms. The van der Waals surface area contributed by atoms with E-state index in [1.165, 1.54) is 5.56 Å². The molecule has 0 aliphatic carbocycles. The van der Waals surface area contributed by atoms with Gasteiger partial charge in [0.25, 0.3) is 0 Å². The molecule has 0 saturated carbocycles. The third-order valence-corrected chi connectivity index (χ3v) is 5.48. The normalized spacial score (nSPS) is 11.5. The highest BCUT2D eigenvalue weighted by Crippen LogP contribution is 2.37. The molecule has 0 amide bonds. The fourth-order valence-electron chi connectivity index (χ4n) is 3.08. The number of nitrogens with zero attached hydrogens (tertiary/aromatic N) is 2. The number of aryl methyl sites for hydroxylation is 1. The number of aliphatic hydroxyl groups is 1. The molecule has 5 heteroatoms. The lowest BCUT2D eigenvalue weighted by atomic mass is 10.0. The second kappa shape index (κ2) is 7.18. The van der Waals surface area contributed by atoms with E-state index < -0.39 is 0 Å². The van der Waals surface area contributed by atoms with Crippen molar-refractivity contribution in [1.82, 2.24) is 9.55 Å². The van der Waals surface area contributed by atoms with Crippen LogP contribution in [0.4, 0.5) is 0 Å². The van der Waals surface area contributed by atoms with E-state index in [0.717, 1.165) is 38.2 Å². The molecule has 0 spiro atoms. The first-order valence-corrected chi connectivity index (χ1v) is 9.21. The minimum Gasteiger partial charge on any atom is -0.494 e. The van der Waals surface area contributed by atoms with Gasteiger partial charge in [0.05, 0.1) is 13.7 Å². The average Bonchev–Trinajstić information content (AvgIpc) is 2.98. The zero-order valence-electron chi connectivity index (χ0n) is 15.0. The first-order chi connectivity index (χ1) is 12.0. The third kappa shape index (κ3) is 3.18. The van der Waals surface area contributed by atoms with Gasteiger partial charge < -0.3 is 14.4 Å². The molecule has 0 atom stereocenters. The molecule has 0 saturated heterocycles.